The zero-order valence-corrected chi connectivity index (χ0v) is 15.9. The van der Waals surface area contributed by atoms with Gasteiger partial charge in [0, 0.05) is 36.7 Å². The molecule has 0 bridgehead atoms. The van der Waals surface area contributed by atoms with Gasteiger partial charge in [-0.3, -0.25) is 14.6 Å². The maximum Gasteiger partial charge on any atom is 0.253 e. The number of pyridine rings is 2. The molecule has 7 heteroatoms. The van der Waals surface area contributed by atoms with Gasteiger partial charge in [0.1, 0.15) is 0 Å². The summed E-state index contributed by atoms with van der Waals surface area (Å²) in [6.07, 6.45) is 7.54. The van der Waals surface area contributed by atoms with E-state index in [0.717, 1.165) is 11.9 Å². The first kappa shape index (κ1) is 18.2. The number of carbonyl (C=O) groups is 2. The smallest absolute Gasteiger partial charge is 0.253 e. The molecule has 1 aliphatic rings. The van der Waals surface area contributed by atoms with E-state index in [1.54, 1.807) is 35.2 Å². The number of rotatable bonds is 5. The van der Waals surface area contributed by atoms with Crippen LogP contribution in [0.2, 0.25) is 0 Å². The van der Waals surface area contributed by atoms with E-state index in [1.165, 1.54) is 0 Å². The molecule has 0 aliphatic heterocycles. The Hall–Kier alpha value is -3.22. The lowest BCUT2D eigenvalue weighted by Crippen LogP contribution is -2.60. The van der Waals surface area contributed by atoms with Crippen LogP contribution in [0.25, 0.3) is 5.52 Å². The summed E-state index contributed by atoms with van der Waals surface area (Å²) in [4.78, 5) is 28.9. The number of nitrogens with zero attached hydrogens (tertiary/aromatic N) is 3. The van der Waals surface area contributed by atoms with E-state index < -0.39 is 0 Å². The minimum absolute atomic E-state index is 0.0611. The molecule has 0 radical (unpaired) electrons. The molecule has 2 amide bonds. The fourth-order valence-electron chi connectivity index (χ4n) is 3.81. The molecule has 2 atom stereocenters. The van der Waals surface area contributed by atoms with Crippen LogP contribution in [0.15, 0.2) is 55.1 Å². The number of fused-ring (bicyclic) bond motifs is 1. The first-order valence-electron chi connectivity index (χ1n) is 9.38. The molecule has 0 saturated heterocycles. The van der Waals surface area contributed by atoms with Crippen LogP contribution in [0.1, 0.15) is 41.0 Å². The molecule has 1 saturated carbocycles. The Morgan fingerprint density at radius 3 is 2.68 bits per heavy atom. The van der Waals surface area contributed by atoms with Gasteiger partial charge in [0.2, 0.25) is 0 Å². The molecule has 2 N–H and O–H groups in total. The predicted molar refractivity (Wildman–Crippen MR) is 105 cm³/mol. The number of hydrogen-bond donors (Lipinski definition) is 2. The van der Waals surface area contributed by atoms with Crippen molar-refractivity contribution >= 4 is 17.3 Å². The second kappa shape index (κ2) is 7.07. The minimum Gasteiger partial charge on any atom is -0.352 e. The second-order valence-corrected chi connectivity index (χ2v) is 7.81. The van der Waals surface area contributed by atoms with Gasteiger partial charge in [-0.15, -0.1) is 0 Å². The van der Waals surface area contributed by atoms with Gasteiger partial charge in [-0.1, -0.05) is 13.8 Å². The normalized spacial score (nSPS) is 20.4. The van der Waals surface area contributed by atoms with Gasteiger partial charge in [0.15, 0.2) is 0 Å². The molecule has 1 fully saturated rings. The van der Waals surface area contributed by atoms with Crippen LogP contribution < -0.4 is 10.6 Å². The van der Waals surface area contributed by atoms with Gasteiger partial charge in [-0.2, -0.15) is 5.10 Å². The number of amides is 2. The zero-order chi connectivity index (χ0) is 19.7. The minimum atomic E-state index is -0.105. The summed E-state index contributed by atoms with van der Waals surface area (Å²) in [5.41, 5.74) is 1.90. The average Bonchev–Trinajstić information content (AvgIpc) is 3.19. The van der Waals surface area contributed by atoms with E-state index in [2.05, 4.69) is 34.6 Å². The van der Waals surface area contributed by atoms with Gasteiger partial charge in [-0.25, -0.2) is 4.52 Å². The highest BCUT2D eigenvalue weighted by Gasteiger charge is 2.48. The summed E-state index contributed by atoms with van der Waals surface area (Å²) in [7, 11) is 0. The highest BCUT2D eigenvalue weighted by atomic mass is 16.2. The van der Waals surface area contributed by atoms with Crippen LogP contribution in [0.3, 0.4) is 0 Å². The number of aromatic nitrogens is 3. The Balaban J connectivity index is 1.36. The van der Waals surface area contributed by atoms with Crippen molar-refractivity contribution in [2.24, 2.45) is 11.3 Å². The molecule has 28 heavy (non-hydrogen) atoms. The Labute approximate surface area is 163 Å². The highest BCUT2D eigenvalue weighted by molar-refractivity contribution is 6.00. The quantitative estimate of drug-likeness (QED) is 0.714. The number of nitrogens with one attached hydrogen (secondary N) is 2. The predicted octanol–water partition coefficient (Wildman–Crippen LogP) is 2.30. The van der Waals surface area contributed by atoms with Crippen molar-refractivity contribution in [3.05, 3.63) is 66.2 Å². The molecule has 0 spiro atoms. The molecule has 3 heterocycles. The van der Waals surface area contributed by atoms with E-state index in [9.17, 15) is 9.59 Å². The van der Waals surface area contributed by atoms with E-state index in [0.29, 0.717) is 23.6 Å². The van der Waals surface area contributed by atoms with Crippen molar-refractivity contribution in [2.45, 2.75) is 26.3 Å². The number of hydrogen-bond acceptors (Lipinski definition) is 4. The van der Waals surface area contributed by atoms with E-state index in [-0.39, 0.29) is 23.3 Å². The second-order valence-electron chi connectivity index (χ2n) is 7.81. The summed E-state index contributed by atoms with van der Waals surface area (Å²) in [5, 5.41) is 10.3. The lowest BCUT2D eigenvalue weighted by atomic mass is 9.58. The van der Waals surface area contributed by atoms with Crippen LogP contribution in [-0.2, 0) is 0 Å². The molecule has 3 aromatic heterocycles. The third-order valence-corrected chi connectivity index (χ3v) is 5.91. The molecule has 4 rings (SSSR count). The Kier molecular flexibility index (Phi) is 4.58. The zero-order valence-electron chi connectivity index (χ0n) is 15.9. The first-order chi connectivity index (χ1) is 13.5. The molecule has 2 unspecified atom stereocenters. The van der Waals surface area contributed by atoms with Crippen LogP contribution in [0.5, 0.6) is 0 Å². The fourth-order valence-corrected chi connectivity index (χ4v) is 3.81. The molecule has 0 aromatic carbocycles. The van der Waals surface area contributed by atoms with Crippen LogP contribution >= 0.6 is 0 Å². The van der Waals surface area contributed by atoms with Crippen LogP contribution in [0, 0.1) is 11.3 Å². The summed E-state index contributed by atoms with van der Waals surface area (Å²) in [6.45, 7) is 4.84. The van der Waals surface area contributed by atoms with Gasteiger partial charge < -0.3 is 10.6 Å². The van der Waals surface area contributed by atoms with Crippen LogP contribution in [0.4, 0.5) is 0 Å². The topological polar surface area (TPSA) is 88.4 Å². The summed E-state index contributed by atoms with van der Waals surface area (Å²) < 4.78 is 1.69. The Morgan fingerprint density at radius 2 is 1.93 bits per heavy atom. The van der Waals surface area contributed by atoms with E-state index in [4.69, 9.17) is 0 Å². The van der Waals surface area contributed by atoms with Gasteiger partial charge in [0.05, 0.1) is 17.3 Å². The van der Waals surface area contributed by atoms with Crippen molar-refractivity contribution in [3.8, 4) is 0 Å². The maximum atomic E-state index is 12.8. The molecule has 1 aliphatic carbocycles. The third kappa shape index (κ3) is 3.24. The highest BCUT2D eigenvalue weighted by Crippen LogP contribution is 2.46. The molecular formula is C21H23N5O2. The van der Waals surface area contributed by atoms with E-state index in [1.807, 2.05) is 24.4 Å². The number of carbonyl (C=O) groups excluding carboxylic acids is 2. The van der Waals surface area contributed by atoms with E-state index >= 15 is 0 Å². The van der Waals surface area contributed by atoms with Crippen molar-refractivity contribution in [2.75, 3.05) is 6.54 Å². The van der Waals surface area contributed by atoms with Crippen molar-refractivity contribution in [3.63, 3.8) is 0 Å². The SMILES string of the molecule is CC1(C)C(CNC(=O)c2ccncc2)CC1NC(=O)c1cccn2nccc12. The Bertz CT molecular complexity index is 1010. The van der Waals surface area contributed by atoms with Crippen molar-refractivity contribution < 1.29 is 9.59 Å². The van der Waals surface area contributed by atoms with Gasteiger partial charge in [-0.05, 0) is 48.1 Å². The summed E-state index contributed by atoms with van der Waals surface area (Å²) in [5.74, 6) is 0.107. The standard InChI is InChI=1S/C21H23N5O2/c1-21(2)15(13-23-19(27)14-5-8-22-9-6-14)12-18(21)25-20(28)16-4-3-11-26-17(16)7-10-24-26/h3-11,15,18H,12-13H2,1-2H3,(H,23,27)(H,25,28). The molecule has 3 aromatic rings. The van der Waals surface area contributed by atoms with Crippen LogP contribution in [-0.4, -0.2) is 39.0 Å². The lowest BCUT2D eigenvalue weighted by Gasteiger charge is -2.52. The molecule has 144 valence electrons. The van der Waals surface area contributed by atoms with Crippen molar-refractivity contribution in [1.82, 2.24) is 25.2 Å². The lowest BCUT2D eigenvalue weighted by molar-refractivity contribution is 0.0150. The van der Waals surface area contributed by atoms with Gasteiger partial charge >= 0.3 is 0 Å². The maximum absolute atomic E-state index is 12.8. The largest absolute Gasteiger partial charge is 0.352 e. The average molecular weight is 377 g/mol. The monoisotopic (exact) mass is 377 g/mol. The van der Waals surface area contributed by atoms with Crippen molar-refractivity contribution in [1.29, 1.82) is 0 Å². The summed E-state index contributed by atoms with van der Waals surface area (Å²) in [6, 6.07) is 8.91. The fraction of sp³-hybridized carbons (Fsp3) is 0.333. The van der Waals surface area contributed by atoms with Gasteiger partial charge in [0.25, 0.3) is 11.8 Å². The molecule has 7 nitrogen and oxygen atoms in total. The third-order valence-electron chi connectivity index (χ3n) is 5.91. The summed E-state index contributed by atoms with van der Waals surface area (Å²) >= 11 is 0. The Morgan fingerprint density at radius 1 is 1.14 bits per heavy atom. The first-order valence-corrected chi connectivity index (χ1v) is 9.38. The molecular weight excluding hydrogens is 354 g/mol.